The number of rotatable bonds is 7. The van der Waals surface area contributed by atoms with Crippen molar-refractivity contribution in [2.45, 2.75) is 49.2 Å². The smallest absolute Gasteiger partial charge is 0.344 e. The van der Waals surface area contributed by atoms with E-state index in [1.165, 1.54) is 11.8 Å². The van der Waals surface area contributed by atoms with Crippen molar-refractivity contribution in [2.24, 2.45) is 0 Å². The monoisotopic (exact) mass is 332 g/mol. The van der Waals surface area contributed by atoms with E-state index in [1.54, 1.807) is 4.57 Å². The molecule has 1 amide bonds. The van der Waals surface area contributed by atoms with Crippen LogP contribution in [0.2, 0.25) is 0 Å². The summed E-state index contributed by atoms with van der Waals surface area (Å²) in [5.74, 6) is -0.0286. The molecule has 0 unspecified atom stereocenters. The van der Waals surface area contributed by atoms with E-state index in [-0.39, 0.29) is 22.9 Å². The van der Waals surface area contributed by atoms with E-state index in [9.17, 15) is 9.59 Å². The largest absolute Gasteiger partial charge is 0.351 e. The number of nitrogens with zero attached hydrogens (tertiary/aromatic N) is 2. The first-order chi connectivity index (χ1) is 11.2. The molecule has 1 atom stereocenters. The highest BCUT2D eigenvalue weighted by Gasteiger charge is 2.30. The molecule has 2 aromatic rings. The first kappa shape index (κ1) is 15.9. The Morgan fingerprint density at radius 1 is 1.43 bits per heavy atom. The summed E-state index contributed by atoms with van der Waals surface area (Å²) in [5, 5.41) is 9.87. The lowest BCUT2D eigenvalue weighted by Gasteiger charge is -2.14. The molecule has 1 aliphatic rings. The number of benzene rings is 1. The highest BCUT2D eigenvalue weighted by atomic mass is 32.2. The number of nitrogens with one attached hydrogen (secondary N) is 2. The molecule has 6 nitrogen and oxygen atoms in total. The van der Waals surface area contributed by atoms with Gasteiger partial charge in [0.2, 0.25) is 5.91 Å². The summed E-state index contributed by atoms with van der Waals surface area (Å²) in [6.07, 6.45) is 2.69. The van der Waals surface area contributed by atoms with Crippen LogP contribution in [-0.4, -0.2) is 25.9 Å². The van der Waals surface area contributed by atoms with Crippen molar-refractivity contribution in [1.29, 1.82) is 0 Å². The molecule has 7 heteroatoms. The fourth-order valence-corrected chi connectivity index (χ4v) is 3.43. The molecule has 1 aliphatic carbocycles. The van der Waals surface area contributed by atoms with Crippen molar-refractivity contribution >= 4 is 17.7 Å². The van der Waals surface area contributed by atoms with Crippen molar-refractivity contribution in [1.82, 2.24) is 20.1 Å². The lowest BCUT2D eigenvalue weighted by Crippen LogP contribution is -2.32. The molecule has 1 saturated carbocycles. The third-order valence-corrected chi connectivity index (χ3v) is 5.14. The number of amides is 1. The van der Waals surface area contributed by atoms with E-state index >= 15 is 0 Å². The van der Waals surface area contributed by atoms with Crippen LogP contribution in [0.5, 0.6) is 0 Å². The number of hydrogen-bond acceptors (Lipinski definition) is 4. The number of aromatic amines is 1. The van der Waals surface area contributed by atoms with E-state index in [1.807, 2.05) is 37.3 Å². The van der Waals surface area contributed by atoms with Crippen molar-refractivity contribution in [3.63, 3.8) is 0 Å². The summed E-state index contributed by atoms with van der Waals surface area (Å²) in [4.78, 5) is 24.2. The normalized spacial score (nSPS) is 15.3. The Hall–Kier alpha value is -2.02. The minimum atomic E-state index is -0.258. The highest BCUT2D eigenvalue weighted by Crippen LogP contribution is 2.37. The Bertz CT molecular complexity index is 721. The Morgan fingerprint density at radius 3 is 2.83 bits per heavy atom. The van der Waals surface area contributed by atoms with Crippen LogP contribution in [0.1, 0.15) is 37.8 Å². The molecule has 23 heavy (non-hydrogen) atoms. The summed E-state index contributed by atoms with van der Waals surface area (Å²) < 4.78 is 1.68. The van der Waals surface area contributed by atoms with Crippen molar-refractivity contribution < 1.29 is 4.79 Å². The highest BCUT2D eigenvalue weighted by molar-refractivity contribution is 8.00. The van der Waals surface area contributed by atoms with E-state index in [2.05, 4.69) is 15.5 Å². The Morgan fingerprint density at radius 2 is 2.17 bits per heavy atom. The summed E-state index contributed by atoms with van der Waals surface area (Å²) in [6, 6.07) is 10.1. The summed E-state index contributed by atoms with van der Waals surface area (Å²) in [7, 11) is 0. The van der Waals surface area contributed by atoms with E-state index in [4.69, 9.17) is 0 Å². The Kier molecular flexibility index (Phi) is 4.85. The van der Waals surface area contributed by atoms with Crippen LogP contribution < -0.4 is 11.0 Å². The second-order valence-electron chi connectivity index (χ2n) is 5.63. The number of carbonyl (C=O) groups is 1. The molecule has 2 N–H and O–H groups in total. The van der Waals surface area contributed by atoms with Gasteiger partial charge in [0, 0.05) is 12.6 Å². The second kappa shape index (κ2) is 7.04. The zero-order valence-corrected chi connectivity index (χ0v) is 13.8. The third kappa shape index (κ3) is 3.85. The molecule has 3 rings (SSSR count). The predicted molar refractivity (Wildman–Crippen MR) is 89.3 cm³/mol. The maximum atomic E-state index is 12.4. The molecule has 0 saturated heterocycles. The SMILES string of the molecule is CC[C@H](Sc1n[nH]c(=O)n1C1CC1)C(=O)NCc1ccccc1. The minimum Gasteiger partial charge on any atom is -0.351 e. The van der Waals surface area contributed by atoms with Crippen LogP contribution in [0, 0.1) is 0 Å². The van der Waals surface area contributed by atoms with Crippen LogP contribution in [0.4, 0.5) is 0 Å². The number of H-pyrrole nitrogens is 1. The minimum absolute atomic E-state index is 0.0286. The zero-order chi connectivity index (χ0) is 16.2. The van der Waals surface area contributed by atoms with Crippen LogP contribution in [0.15, 0.2) is 40.3 Å². The molecule has 0 bridgehead atoms. The molecule has 1 heterocycles. The first-order valence-electron chi connectivity index (χ1n) is 7.84. The van der Waals surface area contributed by atoms with Gasteiger partial charge in [0.05, 0.1) is 5.25 Å². The van der Waals surface area contributed by atoms with Gasteiger partial charge in [0.1, 0.15) is 0 Å². The van der Waals surface area contributed by atoms with E-state index in [0.717, 1.165) is 18.4 Å². The topological polar surface area (TPSA) is 79.8 Å². The maximum absolute atomic E-state index is 12.4. The fraction of sp³-hybridized carbons (Fsp3) is 0.438. The molecule has 1 aromatic carbocycles. The van der Waals surface area contributed by atoms with Gasteiger partial charge in [0.15, 0.2) is 5.16 Å². The number of carbonyl (C=O) groups excluding carboxylic acids is 1. The van der Waals surface area contributed by atoms with Crippen LogP contribution in [-0.2, 0) is 11.3 Å². The Balaban J connectivity index is 1.63. The van der Waals surface area contributed by atoms with Gasteiger partial charge in [-0.3, -0.25) is 9.36 Å². The Labute approximate surface area is 138 Å². The van der Waals surface area contributed by atoms with Crippen molar-refractivity contribution in [3.05, 3.63) is 46.4 Å². The lowest BCUT2D eigenvalue weighted by molar-refractivity contribution is -0.120. The number of aromatic nitrogens is 3. The van der Waals surface area contributed by atoms with Crippen molar-refractivity contribution in [3.8, 4) is 0 Å². The first-order valence-corrected chi connectivity index (χ1v) is 8.72. The average Bonchev–Trinajstić information content (AvgIpc) is 3.34. The predicted octanol–water partition coefficient (Wildman–Crippen LogP) is 2.09. The van der Waals surface area contributed by atoms with Crippen molar-refractivity contribution in [2.75, 3.05) is 0 Å². The summed E-state index contributed by atoms with van der Waals surface area (Å²) >= 11 is 1.36. The maximum Gasteiger partial charge on any atom is 0.344 e. The zero-order valence-electron chi connectivity index (χ0n) is 13.0. The molecule has 1 aromatic heterocycles. The van der Waals surface area contributed by atoms with Crippen LogP contribution >= 0.6 is 11.8 Å². The molecular formula is C16H20N4O2S. The van der Waals surface area contributed by atoms with Gasteiger partial charge in [-0.05, 0) is 24.8 Å². The molecule has 0 radical (unpaired) electrons. The van der Waals surface area contributed by atoms with Gasteiger partial charge in [0.25, 0.3) is 0 Å². The average molecular weight is 332 g/mol. The van der Waals surface area contributed by atoms with E-state index < -0.39 is 0 Å². The second-order valence-corrected chi connectivity index (χ2v) is 6.80. The molecule has 1 fully saturated rings. The van der Waals surface area contributed by atoms with E-state index in [0.29, 0.717) is 18.1 Å². The quantitative estimate of drug-likeness (QED) is 0.761. The molecule has 0 spiro atoms. The molecular weight excluding hydrogens is 312 g/mol. The number of hydrogen-bond donors (Lipinski definition) is 2. The lowest BCUT2D eigenvalue weighted by atomic mass is 10.2. The standard InChI is InChI=1S/C16H20N4O2S/c1-2-13(14(21)17-10-11-6-4-3-5-7-11)23-16-19-18-15(22)20(16)12-8-9-12/h3-7,12-13H,2,8-10H2,1H3,(H,17,21)(H,18,22)/t13-/m0/s1. The summed E-state index contributed by atoms with van der Waals surface area (Å²) in [5.41, 5.74) is 0.880. The van der Waals surface area contributed by atoms with Gasteiger partial charge >= 0.3 is 5.69 Å². The van der Waals surface area contributed by atoms with Gasteiger partial charge in [-0.1, -0.05) is 49.0 Å². The van der Waals surface area contributed by atoms with Gasteiger partial charge < -0.3 is 5.32 Å². The number of thioether (sulfide) groups is 1. The van der Waals surface area contributed by atoms with Gasteiger partial charge in [-0.2, -0.15) is 0 Å². The molecule has 122 valence electrons. The summed E-state index contributed by atoms with van der Waals surface area (Å²) in [6.45, 7) is 2.47. The van der Waals surface area contributed by atoms with Crippen LogP contribution in [0.25, 0.3) is 0 Å². The van der Waals surface area contributed by atoms with Gasteiger partial charge in [-0.25, -0.2) is 9.89 Å². The van der Waals surface area contributed by atoms with Crippen LogP contribution in [0.3, 0.4) is 0 Å². The third-order valence-electron chi connectivity index (χ3n) is 3.80. The fourth-order valence-electron chi connectivity index (χ4n) is 2.38. The van der Waals surface area contributed by atoms with Gasteiger partial charge in [-0.15, -0.1) is 5.10 Å². The molecule has 0 aliphatic heterocycles.